The molecule has 0 unspecified atom stereocenters. The van der Waals surface area contributed by atoms with E-state index in [1.165, 1.54) is 0 Å². The summed E-state index contributed by atoms with van der Waals surface area (Å²) in [5, 5.41) is 9.19. The zero-order valence-electron chi connectivity index (χ0n) is 7.07. The van der Waals surface area contributed by atoms with E-state index in [9.17, 15) is 5.11 Å². The molecule has 66 valence electrons. The number of nitrogen functional groups attached to an aromatic ring is 1. The SMILES string of the molecule is C[C@@H](O)[C@H](N)c1ccc(N)cc1. The summed E-state index contributed by atoms with van der Waals surface area (Å²) >= 11 is 0. The van der Waals surface area contributed by atoms with Crippen molar-refractivity contribution in [3.8, 4) is 0 Å². The normalized spacial score (nSPS) is 15.6. The van der Waals surface area contributed by atoms with Gasteiger partial charge in [0.15, 0.2) is 0 Å². The molecule has 0 amide bonds. The second-order valence-electron chi connectivity index (χ2n) is 2.93. The molecule has 0 bridgehead atoms. The number of aliphatic hydroxyl groups excluding tert-OH is 1. The van der Waals surface area contributed by atoms with E-state index < -0.39 is 6.10 Å². The topological polar surface area (TPSA) is 72.3 Å². The van der Waals surface area contributed by atoms with Gasteiger partial charge >= 0.3 is 0 Å². The number of rotatable bonds is 2. The van der Waals surface area contributed by atoms with Gasteiger partial charge in [0.2, 0.25) is 0 Å². The van der Waals surface area contributed by atoms with Crippen LogP contribution in [0.4, 0.5) is 5.69 Å². The zero-order chi connectivity index (χ0) is 9.14. The summed E-state index contributed by atoms with van der Waals surface area (Å²) in [6.07, 6.45) is -0.534. The molecule has 3 heteroatoms. The Labute approximate surface area is 72.0 Å². The summed E-state index contributed by atoms with van der Waals surface area (Å²) in [7, 11) is 0. The maximum absolute atomic E-state index is 9.19. The highest BCUT2D eigenvalue weighted by Gasteiger charge is 2.10. The van der Waals surface area contributed by atoms with E-state index in [1.54, 1.807) is 19.1 Å². The van der Waals surface area contributed by atoms with Crippen LogP contribution < -0.4 is 11.5 Å². The molecule has 0 aromatic heterocycles. The van der Waals surface area contributed by atoms with Crippen LogP contribution in [0.1, 0.15) is 18.5 Å². The number of anilines is 1. The van der Waals surface area contributed by atoms with Crippen molar-refractivity contribution in [1.82, 2.24) is 0 Å². The number of hydrogen-bond acceptors (Lipinski definition) is 3. The minimum atomic E-state index is -0.534. The standard InChI is InChI=1S/C9H14N2O/c1-6(12)9(11)7-2-4-8(10)5-3-7/h2-6,9,12H,10-11H2,1H3/t6-,9+/m1/s1. The lowest BCUT2D eigenvalue weighted by Gasteiger charge is -2.14. The van der Waals surface area contributed by atoms with Gasteiger partial charge < -0.3 is 16.6 Å². The quantitative estimate of drug-likeness (QED) is 0.565. The van der Waals surface area contributed by atoms with E-state index in [2.05, 4.69) is 0 Å². The Hall–Kier alpha value is -1.06. The van der Waals surface area contributed by atoms with Crippen LogP contribution in [0.25, 0.3) is 0 Å². The summed E-state index contributed by atoms with van der Waals surface area (Å²) in [5.41, 5.74) is 12.8. The first kappa shape index (κ1) is 9.03. The molecule has 0 heterocycles. The fourth-order valence-electron chi connectivity index (χ4n) is 0.997. The van der Waals surface area contributed by atoms with Gasteiger partial charge in [0.1, 0.15) is 0 Å². The summed E-state index contributed by atoms with van der Waals surface area (Å²) in [5.74, 6) is 0. The Bertz CT molecular complexity index is 243. The molecule has 0 radical (unpaired) electrons. The predicted octanol–water partition coefficient (Wildman–Crippen LogP) is 0.649. The molecular formula is C9H14N2O. The Morgan fingerprint density at radius 1 is 1.25 bits per heavy atom. The van der Waals surface area contributed by atoms with E-state index in [0.29, 0.717) is 5.69 Å². The fourth-order valence-corrected chi connectivity index (χ4v) is 0.997. The molecule has 1 aromatic rings. The van der Waals surface area contributed by atoms with Crippen molar-refractivity contribution in [2.45, 2.75) is 19.1 Å². The first-order valence-electron chi connectivity index (χ1n) is 3.90. The average molecular weight is 166 g/mol. The smallest absolute Gasteiger partial charge is 0.0704 e. The van der Waals surface area contributed by atoms with Crippen molar-refractivity contribution in [3.05, 3.63) is 29.8 Å². The monoisotopic (exact) mass is 166 g/mol. The molecule has 0 aliphatic rings. The Kier molecular flexibility index (Phi) is 2.68. The van der Waals surface area contributed by atoms with Gasteiger partial charge in [0.25, 0.3) is 0 Å². The lowest BCUT2D eigenvalue weighted by Crippen LogP contribution is -2.22. The highest BCUT2D eigenvalue weighted by molar-refractivity contribution is 5.40. The van der Waals surface area contributed by atoms with Crippen LogP contribution in [0.15, 0.2) is 24.3 Å². The van der Waals surface area contributed by atoms with Gasteiger partial charge in [0.05, 0.1) is 12.1 Å². The van der Waals surface area contributed by atoms with Crippen LogP contribution in [0.2, 0.25) is 0 Å². The molecule has 0 fully saturated rings. The van der Waals surface area contributed by atoms with Crippen molar-refractivity contribution in [3.63, 3.8) is 0 Å². The minimum absolute atomic E-state index is 0.328. The molecule has 12 heavy (non-hydrogen) atoms. The molecule has 1 rings (SSSR count). The first-order chi connectivity index (χ1) is 5.61. The molecule has 2 atom stereocenters. The van der Waals surface area contributed by atoms with E-state index >= 15 is 0 Å². The third-order valence-electron chi connectivity index (χ3n) is 1.84. The fraction of sp³-hybridized carbons (Fsp3) is 0.333. The van der Waals surface area contributed by atoms with E-state index in [-0.39, 0.29) is 6.04 Å². The van der Waals surface area contributed by atoms with Crippen molar-refractivity contribution in [1.29, 1.82) is 0 Å². The van der Waals surface area contributed by atoms with Gasteiger partial charge in [-0.3, -0.25) is 0 Å². The summed E-state index contributed by atoms with van der Waals surface area (Å²) in [6, 6.07) is 6.87. The molecule has 5 N–H and O–H groups in total. The maximum Gasteiger partial charge on any atom is 0.0704 e. The molecule has 0 saturated heterocycles. The van der Waals surface area contributed by atoms with Gasteiger partial charge in [-0.25, -0.2) is 0 Å². The summed E-state index contributed by atoms with van der Waals surface area (Å²) in [4.78, 5) is 0. The van der Waals surface area contributed by atoms with Crippen LogP contribution in [0, 0.1) is 0 Å². The van der Waals surface area contributed by atoms with Crippen molar-refractivity contribution in [2.75, 3.05) is 5.73 Å². The van der Waals surface area contributed by atoms with E-state index in [0.717, 1.165) is 5.56 Å². The Morgan fingerprint density at radius 2 is 1.75 bits per heavy atom. The highest BCUT2D eigenvalue weighted by Crippen LogP contribution is 2.15. The van der Waals surface area contributed by atoms with Crippen LogP contribution in [0.3, 0.4) is 0 Å². The highest BCUT2D eigenvalue weighted by atomic mass is 16.3. The van der Waals surface area contributed by atoms with Crippen molar-refractivity contribution >= 4 is 5.69 Å². The van der Waals surface area contributed by atoms with E-state index in [4.69, 9.17) is 11.5 Å². The second kappa shape index (κ2) is 3.56. The molecular weight excluding hydrogens is 152 g/mol. The molecule has 3 nitrogen and oxygen atoms in total. The number of hydrogen-bond donors (Lipinski definition) is 3. The second-order valence-corrected chi connectivity index (χ2v) is 2.93. The lowest BCUT2D eigenvalue weighted by atomic mass is 10.0. The third kappa shape index (κ3) is 1.96. The van der Waals surface area contributed by atoms with E-state index in [1.807, 2.05) is 12.1 Å². The van der Waals surface area contributed by atoms with Gasteiger partial charge in [-0.05, 0) is 24.6 Å². The summed E-state index contributed by atoms with van der Waals surface area (Å²) in [6.45, 7) is 1.67. The Morgan fingerprint density at radius 3 is 2.17 bits per heavy atom. The Balaban J connectivity index is 2.82. The number of nitrogens with two attached hydrogens (primary N) is 2. The predicted molar refractivity (Wildman–Crippen MR) is 49.5 cm³/mol. The summed E-state index contributed by atoms with van der Waals surface area (Å²) < 4.78 is 0. The van der Waals surface area contributed by atoms with Crippen LogP contribution in [-0.2, 0) is 0 Å². The van der Waals surface area contributed by atoms with Gasteiger partial charge in [0, 0.05) is 5.69 Å². The first-order valence-corrected chi connectivity index (χ1v) is 3.90. The average Bonchev–Trinajstić information content (AvgIpc) is 2.04. The van der Waals surface area contributed by atoms with Gasteiger partial charge in [-0.15, -0.1) is 0 Å². The van der Waals surface area contributed by atoms with Gasteiger partial charge in [-0.2, -0.15) is 0 Å². The number of benzene rings is 1. The van der Waals surface area contributed by atoms with Crippen molar-refractivity contribution < 1.29 is 5.11 Å². The molecule has 0 saturated carbocycles. The molecule has 0 aliphatic carbocycles. The lowest BCUT2D eigenvalue weighted by molar-refractivity contribution is 0.164. The van der Waals surface area contributed by atoms with Gasteiger partial charge in [-0.1, -0.05) is 12.1 Å². The van der Waals surface area contributed by atoms with Crippen molar-refractivity contribution in [2.24, 2.45) is 5.73 Å². The molecule has 1 aromatic carbocycles. The minimum Gasteiger partial charge on any atom is -0.399 e. The van der Waals surface area contributed by atoms with Crippen LogP contribution in [0.5, 0.6) is 0 Å². The number of aliphatic hydroxyl groups is 1. The largest absolute Gasteiger partial charge is 0.399 e. The van der Waals surface area contributed by atoms with Crippen LogP contribution >= 0.6 is 0 Å². The molecule has 0 aliphatic heterocycles. The molecule has 0 spiro atoms. The van der Waals surface area contributed by atoms with Crippen LogP contribution in [-0.4, -0.2) is 11.2 Å². The maximum atomic E-state index is 9.19. The third-order valence-corrected chi connectivity index (χ3v) is 1.84. The zero-order valence-corrected chi connectivity index (χ0v) is 7.07.